The molecule has 0 saturated heterocycles. The molecule has 4 heterocycles. The third-order valence-corrected chi connectivity index (χ3v) is 3.50. The number of aromatic nitrogens is 6. The molecule has 0 aliphatic heterocycles. The molecule has 7 heteroatoms. The normalized spacial score (nSPS) is 10.1. The van der Waals surface area contributed by atoms with Crippen LogP contribution >= 0.6 is 0 Å². The minimum Gasteiger partial charge on any atom is -0.256 e. The van der Waals surface area contributed by atoms with E-state index >= 15 is 0 Å². The molecular formula is C18H12FeN6. The van der Waals surface area contributed by atoms with Crippen LogP contribution in [0.25, 0.3) is 34.0 Å². The average Bonchev–Trinajstić information content (AvgIpc) is 2.69. The first-order chi connectivity index (χ1) is 11.9. The van der Waals surface area contributed by atoms with Crippen molar-refractivity contribution in [1.29, 1.82) is 0 Å². The zero-order chi connectivity index (χ0) is 16.2. The Balaban J connectivity index is 0.00000182. The zero-order valence-electron chi connectivity index (χ0n) is 13.0. The van der Waals surface area contributed by atoms with Crippen LogP contribution in [0.5, 0.6) is 0 Å². The molecule has 0 unspecified atom stereocenters. The van der Waals surface area contributed by atoms with Crippen LogP contribution in [0.15, 0.2) is 73.2 Å². The van der Waals surface area contributed by atoms with Gasteiger partial charge in [0.25, 0.3) is 0 Å². The molecule has 0 bridgehead atoms. The third kappa shape index (κ3) is 3.42. The van der Waals surface area contributed by atoms with E-state index in [1.165, 1.54) is 0 Å². The first-order valence-electron chi connectivity index (χ1n) is 7.41. The van der Waals surface area contributed by atoms with Crippen LogP contribution in [0.4, 0.5) is 0 Å². The summed E-state index contributed by atoms with van der Waals surface area (Å²) in [5.41, 5.74) is 4.20. The van der Waals surface area contributed by atoms with Gasteiger partial charge in [-0.1, -0.05) is 18.2 Å². The fourth-order valence-electron chi connectivity index (χ4n) is 2.44. The fourth-order valence-corrected chi connectivity index (χ4v) is 2.44. The van der Waals surface area contributed by atoms with E-state index in [2.05, 4.69) is 30.4 Å². The number of pyridine rings is 3. The minimum atomic E-state index is 0. The minimum absolute atomic E-state index is 0. The van der Waals surface area contributed by atoms with Crippen LogP contribution in [0.2, 0.25) is 0 Å². The molecule has 0 aliphatic rings. The molecule has 122 valence electrons. The van der Waals surface area contributed by atoms with Crippen molar-refractivity contribution in [2.24, 2.45) is 0 Å². The van der Waals surface area contributed by atoms with Crippen molar-refractivity contribution in [2.75, 3.05) is 0 Å². The molecule has 0 aromatic carbocycles. The van der Waals surface area contributed by atoms with Gasteiger partial charge in [-0.05, 0) is 41.6 Å². The van der Waals surface area contributed by atoms with Crippen molar-refractivity contribution in [2.45, 2.75) is 0 Å². The third-order valence-electron chi connectivity index (χ3n) is 3.50. The Kier molecular flexibility index (Phi) is 5.18. The van der Waals surface area contributed by atoms with Crippen LogP contribution in [0.1, 0.15) is 0 Å². The second-order valence-corrected chi connectivity index (χ2v) is 5.01. The van der Waals surface area contributed by atoms with Gasteiger partial charge in [0.15, 0.2) is 0 Å². The van der Waals surface area contributed by atoms with Crippen molar-refractivity contribution in [3.05, 3.63) is 73.2 Å². The quantitative estimate of drug-likeness (QED) is 0.518. The number of rotatable bonds is 3. The Morgan fingerprint density at radius 3 is 1.36 bits per heavy atom. The van der Waals surface area contributed by atoms with Crippen molar-refractivity contribution >= 4 is 0 Å². The van der Waals surface area contributed by atoms with Gasteiger partial charge in [0.2, 0.25) is 0 Å². The SMILES string of the molecule is [Fe].c1ccc(-c2nnnc(-c3ccccn3)c2-c2ccccn2)nc1. The van der Waals surface area contributed by atoms with Crippen molar-refractivity contribution < 1.29 is 17.1 Å². The predicted molar refractivity (Wildman–Crippen MR) is 89.5 cm³/mol. The van der Waals surface area contributed by atoms with Crippen molar-refractivity contribution in [3.8, 4) is 34.0 Å². The van der Waals surface area contributed by atoms with E-state index in [4.69, 9.17) is 0 Å². The molecule has 0 N–H and O–H groups in total. The number of hydrogen-bond donors (Lipinski definition) is 0. The van der Waals surface area contributed by atoms with Crippen molar-refractivity contribution in [3.63, 3.8) is 0 Å². The summed E-state index contributed by atoms with van der Waals surface area (Å²) >= 11 is 0. The van der Waals surface area contributed by atoms with E-state index in [0.29, 0.717) is 22.8 Å². The van der Waals surface area contributed by atoms with E-state index in [9.17, 15) is 0 Å². The Hall–Kier alpha value is -3.02. The van der Waals surface area contributed by atoms with Crippen LogP contribution in [0, 0.1) is 0 Å². The van der Waals surface area contributed by atoms with Gasteiger partial charge < -0.3 is 0 Å². The summed E-state index contributed by atoms with van der Waals surface area (Å²) < 4.78 is 0. The Morgan fingerprint density at radius 1 is 0.520 bits per heavy atom. The summed E-state index contributed by atoms with van der Waals surface area (Å²) in [7, 11) is 0. The van der Waals surface area contributed by atoms with Gasteiger partial charge >= 0.3 is 0 Å². The van der Waals surface area contributed by atoms with Gasteiger partial charge in [-0.15, -0.1) is 10.2 Å². The maximum Gasteiger partial charge on any atom is 0.125 e. The topological polar surface area (TPSA) is 77.3 Å². The predicted octanol–water partition coefficient (Wildman–Crippen LogP) is 3.06. The molecule has 4 rings (SSSR count). The van der Waals surface area contributed by atoms with Gasteiger partial charge in [-0.3, -0.25) is 15.0 Å². The molecular weight excluding hydrogens is 356 g/mol. The zero-order valence-corrected chi connectivity index (χ0v) is 14.1. The van der Waals surface area contributed by atoms with Gasteiger partial charge in [0, 0.05) is 35.7 Å². The summed E-state index contributed by atoms with van der Waals surface area (Å²) in [6.07, 6.45) is 5.18. The summed E-state index contributed by atoms with van der Waals surface area (Å²) in [6, 6.07) is 17.0. The standard InChI is InChI=1S/C18H12N6.Fe/c1-4-10-19-13(7-1)16-17(14-8-2-5-11-20-14)22-24-23-18(16)15-9-3-6-12-21-15;/h1-12H;. The smallest absolute Gasteiger partial charge is 0.125 e. The molecule has 0 amide bonds. The molecule has 0 radical (unpaired) electrons. The maximum atomic E-state index is 4.46. The monoisotopic (exact) mass is 368 g/mol. The van der Waals surface area contributed by atoms with E-state index in [-0.39, 0.29) is 17.1 Å². The van der Waals surface area contributed by atoms with Crippen LogP contribution in [-0.2, 0) is 17.1 Å². The summed E-state index contributed by atoms with van der Waals surface area (Å²) in [6.45, 7) is 0. The molecule has 4 aromatic heterocycles. The van der Waals surface area contributed by atoms with Gasteiger partial charge in [0.05, 0.1) is 22.6 Å². The number of hydrogen-bond acceptors (Lipinski definition) is 6. The Morgan fingerprint density at radius 2 is 0.960 bits per heavy atom. The van der Waals surface area contributed by atoms with Gasteiger partial charge in [-0.25, -0.2) is 0 Å². The second-order valence-electron chi connectivity index (χ2n) is 5.01. The molecule has 0 saturated carbocycles. The molecule has 0 aliphatic carbocycles. The van der Waals surface area contributed by atoms with E-state index in [0.717, 1.165) is 11.3 Å². The second kappa shape index (κ2) is 7.70. The molecule has 6 nitrogen and oxygen atoms in total. The first-order valence-corrected chi connectivity index (χ1v) is 7.41. The molecule has 0 atom stereocenters. The summed E-state index contributed by atoms with van der Waals surface area (Å²) in [4.78, 5) is 13.2. The van der Waals surface area contributed by atoms with E-state index in [1.807, 2.05) is 54.6 Å². The van der Waals surface area contributed by atoms with Crippen LogP contribution in [0.3, 0.4) is 0 Å². The largest absolute Gasteiger partial charge is 0.256 e. The average molecular weight is 368 g/mol. The maximum absolute atomic E-state index is 4.46. The van der Waals surface area contributed by atoms with Gasteiger partial charge in [-0.2, -0.15) is 0 Å². The molecule has 25 heavy (non-hydrogen) atoms. The Labute approximate surface area is 154 Å². The summed E-state index contributed by atoms with van der Waals surface area (Å²) in [5, 5.41) is 12.4. The Bertz CT molecular complexity index is 891. The molecule has 0 fully saturated rings. The fraction of sp³-hybridized carbons (Fsp3) is 0. The molecule has 0 spiro atoms. The van der Waals surface area contributed by atoms with E-state index < -0.39 is 0 Å². The van der Waals surface area contributed by atoms with Gasteiger partial charge in [0.1, 0.15) is 11.4 Å². The molecule has 4 aromatic rings. The van der Waals surface area contributed by atoms with Crippen molar-refractivity contribution in [1.82, 2.24) is 30.4 Å². The summed E-state index contributed by atoms with van der Waals surface area (Å²) in [5.74, 6) is 0. The van der Waals surface area contributed by atoms with Crippen LogP contribution < -0.4 is 0 Å². The number of nitrogens with zero attached hydrogens (tertiary/aromatic N) is 6. The van der Waals surface area contributed by atoms with E-state index in [1.54, 1.807) is 18.6 Å². The first kappa shape index (κ1) is 16.8. The van der Waals surface area contributed by atoms with Crippen LogP contribution in [-0.4, -0.2) is 30.4 Å².